The molecule has 1 aliphatic heterocycles. The molecule has 36 heavy (non-hydrogen) atoms. The number of hydrogen-bond donors (Lipinski definition) is 6. The summed E-state index contributed by atoms with van der Waals surface area (Å²) in [6, 6.07) is 14.7. The molecule has 1 unspecified atom stereocenters. The van der Waals surface area contributed by atoms with E-state index in [1.54, 1.807) is 13.0 Å². The van der Waals surface area contributed by atoms with Gasteiger partial charge in [0.25, 0.3) is 5.91 Å². The van der Waals surface area contributed by atoms with Gasteiger partial charge in [0.05, 0.1) is 23.9 Å². The van der Waals surface area contributed by atoms with Crippen LogP contribution in [0.25, 0.3) is 0 Å². The molecule has 3 aromatic rings. The number of aliphatic hydroxyl groups excluding tert-OH is 1. The molecule has 1 atom stereocenters. The largest absolute Gasteiger partial charge is 0.402 e. The first-order chi connectivity index (χ1) is 17.1. The number of nitrogens with one attached hydrogen (secondary N) is 4. The molecule has 2 aromatic carbocycles. The molecule has 4 rings (SSSR count). The van der Waals surface area contributed by atoms with Gasteiger partial charge in [-0.25, -0.2) is 4.98 Å². The Bertz CT molecular complexity index is 1310. The number of carbonyl (C=O) groups is 1. The van der Waals surface area contributed by atoms with Gasteiger partial charge in [-0.05, 0) is 56.5 Å². The van der Waals surface area contributed by atoms with E-state index < -0.39 is 6.04 Å². The normalized spacial score (nSPS) is 15.4. The topological polar surface area (TPSA) is 149 Å². The minimum atomic E-state index is -0.445. The van der Waals surface area contributed by atoms with Crippen molar-refractivity contribution < 1.29 is 9.90 Å². The van der Waals surface area contributed by atoms with Crippen molar-refractivity contribution in [1.29, 1.82) is 5.41 Å². The van der Waals surface area contributed by atoms with Crippen LogP contribution in [0.15, 0.2) is 66.5 Å². The van der Waals surface area contributed by atoms with E-state index in [9.17, 15) is 9.90 Å². The van der Waals surface area contributed by atoms with Crippen LogP contribution in [0.5, 0.6) is 0 Å². The lowest BCUT2D eigenvalue weighted by molar-refractivity contribution is 0.0897. The zero-order valence-electron chi connectivity index (χ0n) is 20.6. The van der Waals surface area contributed by atoms with Crippen molar-refractivity contribution in [2.45, 2.75) is 38.8 Å². The van der Waals surface area contributed by atoms with Crippen molar-refractivity contribution in [3.8, 4) is 0 Å². The number of aromatic nitrogens is 2. The van der Waals surface area contributed by atoms with Gasteiger partial charge in [-0.15, -0.1) is 0 Å². The molecule has 0 radical (unpaired) electrons. The monoisotopic (exact) mass is 485 g/mol. The maximum Gasteiger partial charge on any atom is 0.252 e. The fourth-order valence-electron chi connectivity index (χ4n) is 4.18. The van der Waals surface area contributed by atoms with Crippen LogP contribution in [-0.4, -0.2) is 38.8 Å². The molecule has 9 nitrogen and oxygen atoms in total. The average molecular weight is 486 g/mol. The second kappa shape index (κ2) is 10.2. The summed E-state index contributed by atoms with van der Waals surface area (Å²) in [6.45, 7) is 5.52. The van der Waals surface area contributed by atoms with Gasteiger partial charge in [0.1, 0.15) is 5.82 Å². The quantitative estimate of drug-likeness (QED) is 0.267. The van der Waals surface area contributed by atoms with Gasteiger partial charge in [0, 0.05) is 28.7 Å². The summed E-state index contributed by atoms with van der Waals surface area (Å²) in [5, 5.41) is 27.9. The number of benzene rings is 2. The van der Waals surface area contributed by atoms with Gasteiger partial charge in [-0.3, -0.25) is 4.79 Å². The third-order valence-corrected chi connectivity index (χ3v) is 5.84. The van der Waals surface area contributed by atoms with Gasteiger partial charge >= 0.3 is 0 Å². The van der Waals surface area contributed by atoms with Crippen molar-refractivity contribution in [2.75, 3.05) is 17.2 Å². The zero-order chi connectivity index (χ0) is 25.9. The molecular weight excluding hydrogens is 454 g/mol. The maximum absolute atomic E-state index is 12.6. The smallest absolute Gasteiger partial charge is 0.252 e. The van der Waals surface area contributed by atoms with E-state index in [1.807, 2.05) is 56.3 Å². The van der Waals surface area contributed by atoms with E-state index in [1.165, 1.54) is 12.3 Å². The van der Waals surface area contributed by atoms with E-state index in [-0.39, 0.29) is 29.7 Å². The molecule has 1 amide bonds. The number of amides is 1. The molecular formula is C27H31N7O2. The Morgan fingerprint density at radius 3 is 2.72 bits per heavy atom. The summed E-state index contributed by atoms with van der Waals surface area (Å²) in [5.41, 5.74) is 9.69. The fourth-order valence-corrected chi connectivity index (χ4v) is 4.18. The van der Waals surface area contributed by atoms with Crippen molar-refractivity contribution in [3.63, 3.8) is 0 Å². The SMILES string of the molecule is C/C(N)=C/C(=N)c1cnc(Nc2ccc3c(c2)C(=O)NC(C)(C)C3)nc1NC(CO)c1ccccc1. The number of nitrogens with two attached hydrogens (primary N) is 1. The number of anilines is 3. The van der Waals surface area contributed by atoms with Crippen LogP contribution in [0.2, 0.25) is 0 Å². The predicted octanol–water partition coefficient (Wildman–Crippen LogP) is 3.66. The third kappa shape index (κ3) is 5.69. The number of allylic oxidation sites excluding steroid dienone is 2. The second-order valence-corrected chi connectivity index (χ2v) is 9.56. The lowest BCUT2D eigenvalue weighted by Gasteiger charge is -2.32. The summed E-state index contributed by atoms with van der Waals surface area (Å²) in [4.78, 5) is 21.6. The van der Waals surface area contributed by atoms with Crippen LogP contribution in [0.1, 0.15) is 53.9 Å². The number of nitrogens with zero attached hydrogens (tertiary/aromatic N) is 2. The molecule has 9 heteroatoms. The van der Waals surface area contributed by atoms with E-state index >= 15 is 0 Å². The van der Waals surface area contributed by atoms with Crippen molar-refractivity contribution in [2.24, 2.45) is 5.73 Å². The highest BCUT2D eigenvalue weighted by molar-refractivity contribution is 6.09. The molecule has 1 aromatic heterocycles. The Hall–Kier alpha value is -4.24. The minimum Gasteiger partial charge on any atom is -0.402 e. The Kier molecular flexibility index (Phi) is 7.03. The molecule has 2 heterocycles. The lowest BCUT2D eigenvalue weighted by Crippen LogP contribution is -2.49. The number of carbonyl (C=O) groups excluding carboxylic acids is 1. The third-order valence-electron chi connectivity index (χ3n) is 5.84. The molecule has 7 N–H and O–H groups in total. The summed E-state index contributed by atoms with van der Waals surface area (Å²) in [7, 11) is 0. The van der Waals surface area contributed by atoms with Gasteiger partial charge in [0.15, 0.2) is 0 Å². The molecule has 0 saturated carbocycles. The van der Waals surface area contributed by atoms with Crippen LogP contribution in [0.4, 0.5) is 17.5 Å². The minimum absolute atomic E-state index is 0.116. The first kappa shape index (κ1) is 24.9. The molecule has 0 saturated heterocycles. The first-order valence-corrected chi connectivity index (χ1v) is 11.7. The number of rotatable bonds is 8. The molecule has 186 valence electrons. The summed E-state index contributed by atoms with van der Waals surface area (Å²) >= 11 is 0. The van der Waals surface area contributed by atoms with Crippen molar-refractivity contribution >= 4 is 29.1 Å². The molecule has 0 bridgehead atoms. The standard InChI is InChI=1S/C27H31N7O2/c1-16(28)11-22(29)21-14-30-26(33-24(21)32-23(15-35)17-7-5-4-6-8-17)31-19-10-9-18-13-27(2,3)34-25(36)20(18)12-19/h4-12,14,23,29,35H,13,15,28H2,1-3H3,(H,34,36)(H2,30,31,32,33)/b16-11-,29-22?. The van der Waals surface area contributed by atoms with E-state index in [0.717, 1.165) is 17.5 Å². The lowest BCUT2D eigenvalue weighted by atomic mass is 9.87. The first-order valence-electron chi connectivity index (χ1n) is 11.7. The zero-order valence-corrected chi connectivity index (χ0v) is 20.6. The Balaban J connectivity index is 1.66. The fraction of sp³-hybridized carbons (Fsp3) is 0.259. The van der Waals surface area contributed by atoms with Crippen LogP contribution in [0.3, 0.4) is 0 Å². The van der Waals surface area contributed by atoms with E-state index in [2.05, 4.69) is 25.9 Å². The number of fused-ring (bicyclic) bond motifs is 1. The summed E-state index contributed by atoms with van der Waals surface area (Å²) in [5.74, 6) is 0.536. The highest BCUT2D eigenvalue weighted by Crippen LogP contribution is 2.28. The summed E-state index contributed by atoms with van der Waals surface area (Å²) in [6.07, 6.45) is 3.80. The predicted molar refractivity (Wildman–Crippen MR) is 142 cm³/mol. The maximum atomic E-state index is 12.6. The Labute approximate surface area is 210 Å². The highest BCUT2D eigenvalue weighted by atomic mass is 16.3. The van der Waals surface area contributed by atoms with Crippen LogP contribution in [0, 0.1) is 5.41 Å². The Morgan fingerprint density at radius 1 is 1.28 bits per heavy atom. The van der Waals surface area contributed by atoms with Gasteiger partial charge in [-0.2, -0.15) is 4.98 Å². The second-order valence-electron chi connectivity index (χ2n) is 9.56. The van der Waals surface area contributed by atoms with Crippen molar-refractivity contribution in [3.05, 3.63) is 88.8 Å². The average Bonchev–Trinajstić information content (AvgIpc) is 2.82. The number of aliphatic hydroxyl groups is 1. The molecule has 0 spiro atoms. The van der Waals surface area contributed by atoms with Crippen LogP contribution in [-0.2, 0) is 6.42 Å². The molecule has 0 fully saturated rings. The number of hydrogen-bond acceptors (Lipinski definition) is 8. The van der Waals surface area contributed by atoms with Crippen molar-refractivity contribution in [1.82, 2.24) is 15.3 Å². The van der Waals surface area contributed by atoms with Gasteiger partial charge < -0.3 is 32.2 Å². The molecule has 0 aliphatic carbocycles. The Morgan fingerprint density at radius 2 is 2.03 bits per heavy atom. The van der Waals surface area contributed by atoms with E-state index in [0.29, 0.717) is 28.3 Å². The summed E-state index contributed by atoms with van der Waals surface area (Å²) < 4.78 is 0. The van der Waals surface area contributed by atoms with Crippen LogP contribution >= 0.6 is 0 Å². The van der Waals surface area contributed by atoms with Crippen LogP contribution < -0.4 is 21.7 Å². The molecule has 1 aliphatic rings. The highest BCUT2D eigenvalue weighted by Gasteiger charge is 2.30. The van der Waals surface area contributed by atoms with Gasteiger partial charge in [0.2, 0.25) is 5.95 Å². The van der Waals surface area contributed by atoms with E-state index in [4.69, 9.17) is 11.1 Å². The van der Waals surface area contributed by atoms with Gasteiger partial charge in [-0.1, -0.05) is 36.4 Å².